The molecule has 0 amide bonds. The first-order chi connectivity index (χ1) is 6.56. The summed E-state index contributed by atoms with van der Waals surface area (Å²) in [5, 5.41) is 0. The number of phosphoric acid groups is 1. The van der Waals surface area contributed by atoms with Gasteiger partial charge in [0.2, 0.25) is 0 Å². The van der Waals surface area contributed by atoms with Gasteiger partial charge in [0, 0.05) is 0 Å². The Hall–Kier alpha value is 4.21. The summed E-state index contributed by atoms with van der Waals surface area (Å²) in [6, 6.07) is 0. The SMILES string of the molecule is CCCCCCCCCOP(=O)([O-])[O-].[Cs+].[Cs+]. The van der Waals surface area contributed by atoms with Crippen LogP contribution in [0.1, 0.15) is 51.9 Å². The third kappa shape index (κ3) is 23.3. The van der Waals surface area contributed by atoms with Crippen molar-refractivity contribution in [2.24, 2.45) is 0 Å². The molecule has 0 atom stereocenters. The van der Waals surface area contributed by atoms with E-state index < -0.39 is 7.82 Å². The van der Waals surface area contributed by atoms with Gasteiger partial charge in [0.25, 0.3) is 0 Å². The molecule has 16 heavy (non-hydrogen) atoms. The molecule has 0 aliphatic heterocycles. The van der Waals surface area contributed by atoms with Crippen LogP contribution < -0.4 is 148 Å². The van der Waals surface area contributed by atoms with E-state index in [1.165, 1.54) is 25.7 Å². The third-order valence-electron chi connectivity index (χ3n) is 2.00. The van der Waals surface area contributed by atoms with Gasteiger partial charge < -0.3 is 18.9 Å². The van der Waals surface area contributed by atoms with Gasteiger partial charge in [-0.15, -0.1) is 0 Å². The first-order valence-corrected chi connectivity index (χ1v) is 6.69. The Balaban J connectivity index is -0.000000845. The summed E-state index contributed by atoms with van der Waals surface area (Å²) >= 11 is 0. The van der Waals surface area contributed by atoms with Crippen molar-refractivity contribution in [2.45, 2.75) is 51.9 Å². The zero-order valence-electron chi connectivity index (χ0n) is 10.7. The van der Waals surface area contributed by atoms with Gasteiger partial charge in [0.05, 0.1) is 14.4 Å². The van der Waals surface area contributed by atoms with Crippen molar-refractivity contribution in [2.75, 3.05) is 6.61 Å². The van der Waals surface area contributed by atoms with E-state index in [-0.39, 0.29) is 144 Å². The zero-order valence-corrected chi connectivity index (χ0v) is 24.2. The van der Waals surface area contributed by atoms with Gasteiger partial charge in [-0.2, -0.15) is 0 Å². The minimum absolute atomic E-state index is 0. The average molecular weight is 488 g/mol. The molecule has 0 spiro atoms. The molecule has 4 nitrogen and oxygen atoms in total. The van der Waals surface area contributed by atoms with Crippen LogP contribution >= 0.6 is 7.82 Å². The molecule has 0 fully saturated rings. The molecule has 0 saturated heterocycles. The molecular weight excluding hydrogens is 469 g/mol. The van der Waals surface area contributed by atoms with E-state index in [1.807, 2.05) is 0 Å². The molecule has 0 heterocycles. The van der Waals surface area contributed by atoms with Gasteiger partial charge in [-0.1, -0.05) is 45.4 Å². The van der Waals surface area contributed by atoms with E-state index in [2.05, 4.69) is 11.4 Å². The van der Waals surface area contributed by atoms with Crippen LogP contribution in [-0.2, 0) is 9.09 Å². The van der Waals surface area contributed by atoms with E-state index >= 15 is 0 Å². The number of hydrogen-bond donors (Lipinski definition) is 0. The molecule has 0 rings (SSSR count). The van der Waals surface area contributed by atoms with E-state index in [4.69, 9.17) is 0 Å². The van der Waals surface area contributed by atoms with Crippen LogP contribution in [0.2, 0.25) is 0 Å². The van der Waals surface area contributed by atoms with E-state index in [1.54, 1.807) is 0 Å². The second-order valence-corrected chi connectivity index (χ2v) is 4.55. The maximum Gasteiger partial charge on any atom is 1.00 e. The van der Waals surface area contributed by atoms with Gasteiger partial charge in [-0.05, 0) is 6.42 Å². The van der Waals surface area contributed by atoms with Crippen molar-refractivity contribution in [1.29, 1.82) is 0 Å². The van der Waals surface area contributed by atoms with Gasteiger partial charge in [-0.25, -0.2) is 0 Å². The van der Waals surface area contributed by atoms with Crippen molar-refractivity contribution in [3.05, 3.63) is 0 Å². The molecule has 0 aromatic carbocycles. The van der Waals surface area contributed by atoms with Crippen molar-refractivity contribution < 1.29 is 157 Å². The molecule has 0 aliphatic carbocycles. The summed E-state index contributed by atoms with van der Waals surface area (Å²) < 4.78 is 14.2. The molecular formula is C9H19Cs2O4P. The number of phosphoric ester groups is 1. The van der Waals surface area contributed by atoms with Crippen molar-refractivity contribution in [1.82, 2.24) is 0 Å². The van der Waals surface area contributed by atoms with Crippen LogP contribution in [-0.4, -0.2) is 6.61 Å². The maximum atomic E-state index is 10.1. The Labute approximate surface area is 217 Å². The smallest absolute Gasteiger partial charge is 0.790 e. The van der Waals surface area contributed by atoms with Crippen molar-refractivity contribution in [3.63, 3.8) is 0 Å². The predicted molar refractivity (Wildman–Crippen MR) is 51.6 cm³/mol. The van der Waals surface area contributed by atoms with Crippen LogP contribution in [0.4, 0.5) is 0 Å². The average Bonchev–Trinajstić information content (AvgIpc) is 2.08. The maximum absolute atomic E-state index is 10.1. The molecule has 0 aromatic heterocycles. The molecule has 0 aromatic rings. The molecule has 0 unspecified atom stereocenters. The summed E-state index contributed by atoms with van der Waals surface area (Å²) in [7, 11) is -4.73. The Kier molecular flexibility index (Phi) is 27.2. The van der Waals surface area contributed by atoms with Gasteiger partial charge >= 0.3 is 138 Å². The number of rotatable bonds is 9. The minimum Gasteiger partial charge on any atom is -0.790 e. The standard InChI is InChI=1S/C9H21O4P.2Cs/c1-2-3-4-5-6-7-8-9-13-14(10,11)12;;/h2-9H2,1H3,(H2,10,11,12);;/q;2*+1/p-2. The summed E-state index contributed by atoms with van der Waals surface area (Å²) in [6.45, 7) is 2.20. The topological polar surface area (TPSA) is 72.4 Å². The first-order valence-electron chi connectivity index (χ1n) is 5.23. The third-order valence-corrected chi connectivity index (χ3v) is 2.50. The van der Waals surface area contributed by atoms with Gasteiger partial charge in [-0.3, -0.25) is 0 Å². The van der Waals surface area contributed by atoms with E-state index in [0.717, 1.165) is 12.8 Å². The zero-order chi connectivity index (χ0) is 10.9. The van der Waals surface area contributed by atoms with Gasteiger partial charge in [0.1, 0.15) is 0 Å². The van der Waals surface area contributed by atoms with Crippen LogP contribution in [0.25, 0.3) is 0 Å². The number of hydrogen-bond acceptors (Lipinski definition) is 4. The fraction of sp³-hybridized carbons (Fsp3) is 1.00. The Bertz CT molecular complexity index is 175. The summed E-state index contributed by atoms with van der Waals surface area (Å²) in [4.78, 5) is 20.1. The van der Waals surface area contributed by atoms with Crippen LogP contribution in [0.5, 0.6) is 0 Å². The van der Waals surface area contributed by atoms with Crippen LogP contribution in [0.15, 0.2) is 0 Å². The molecule has 86 valence electrons. The molecule has 0 saturated carbocycles. The predicted octanol–water partition coefficient (Wildman–Crippen LogP) is -4.41. The first kappa shape index (κ1) is 25.2. The Morgan fingerprint density at radius 3 is 1.81 bits per heavy atom. The summed E-state index contributed by atoms with van der Waals surface area (Å²) in [5.74, 6) is 0. The molecule has 0 aliphatic rings. The number of unbranched alkanes of at least 4 members (excludes halogenated alkanes) is 6. The monoisotopic (exact) mass is 488 g/mol. The van der Waals surface area contributed by atoms with Crippen molar-refractivity contribution >= 4 is 7.82 Å². The second kappa shape index (κ2) is 17.3. The van der Waals surface area contributed by atoms with Crippen molar-refractivity contribution in [3.8, 4) is 0 Å². The van der Waals surface area contributed by atoms with Gasteiger partial charge in [0.15, 0.2) is 0 Å². The van der Waals surface area contributed by atoms with Crippen LogP contribution in [0, 0.1) is 0 Å². The summed E-state index contributed by atoms with van der Waals surface area (Å²) in [6.07, 6.45) is 7.57. The Morgan fingerprint density at radius 1 is 0.938 bits per heavy atom. The molecule has 0 bridgehead atoms. The van der Waals surface area contributed by atoms with Crippen LogP contribution in [0.3, 0.4) is 0 Å². The fourth-order valence-corrected chi connectivity index (χ4v) is 1.59. The largest absolute Gasteiger partial charge is 1.00 e. The normalized spacial score (nSPS) is 10.4. The molecule has 7 heteroatoms. The quantitative estimate of drug-likeness (QED) is 0.243. The fourth-order valence-electron chi connectivity index (χ4n) is 1.24. The van der Waals surface area contributed by atoms with E-state index in [9.17, 15) is 14.4 Å². The molecule has 0 N–H and O–H groups in total. The van der Waals surface area contributed by atoms with E-state index in [0.29, 0.717) is 6.42 Å². The Morgan fingerprint density at radius 2 is 1.38 bits per heavy atom. The molecule has 0 radical (unpaired) electrons. The second-order valence-electron chi connectivity index (χ2n) is 3.40. The minimum atomic E-state index is -4.73. The summed E-state index contributed by atoms with van der Waals surface area (Å²) in [5.41, 5.74) is 0.